The largest absolute Gasteiger partial charge is 0.308 e. The van der Waals surface area contributed by atoms with E-state index in [0.29, 0.717) is 21.6 Å². The molecule has 5 heteroatoms. The van der Waals surface area contributed by atoms with Gasteiger partial charge >= 0.3 is 0 Å². The third kappa shape index (κ3) is 2.55. The maximum Gasteiger partial charge on any atom is 0.134 e. The number of halogens is 2. The van der Waals surface area contributed by atoms with Crippen LogP contribution in [0.2, 0.25) is 5.02 Å². The summed E-state index contributed by atoms with van der Waals surface area (Å²) in [6, 6.07) is 5.34. The van der Waals surface area contributed by atoms with E-state index in [1.807, 2.05) is 5.38 Å². The number of benzene rings is 1. The quantitative estimate of drug-likeness (QED) is 0.921. The molecule has 1 aliphatic carbocycles. The molecule has 0 unspecified atom stereocenters. The highest BCUT2D eigenvalue weighted by Crippen LogP contribution is 2.32. The van der Waals surface area contributed by atoms with E-state index in [1.165, 1.54) is 30.2 Å². The molecule has 2 aromatic rings. The molecule has 1 fully saturated rings. The Bertz CT molecular complexity index is 546. The fourth-order valence-corrected chi connectivity index (χ4v) is 2.93. The predicted octanol–water partition coefficient (Wildman–Crippen LogP) is 3.85. The Labute approximate surface area is 114 Å². The van der Waals surface area contributed by atoms with Crippen molar-refractivity contribution in [2.24, 2.45) is 0 Å². The first kappa shape index (κ1) is 12.1. The lowest BCUT2D eigenvalue weighted by Crippen LogP contribution is -2.15. The van der Waals surface area contributed by atoms with E-state index >= 15 is 0 Å². The van der Waals surface area contributed by atoms with Crippen LogP contribution in [0.25, 0.3) is 10.6 Å². The van der Waals surface area contributed by atoms with Crippen LogP contribution in [0.3, 0.4) is 0 Å². The number of hydrogen-bond acceptors (Lipinski definition) is 3. The summed E-state index contributed by atoms with van der Waals surface area (Å²) < 4.78 is 13.7. The van der Waals surface area contributed by atoms with Gasteiger partial charge in [0.15, 0.2) is 0 Å². The minimum absolute atomic E-state index is 0.321. The van der Waals surface area contributed by atoms with Crippen LogP contribution in [0.15, 0.2) is 23.6 Å². The van der Waals surface area contributed by atoms with E-state index in [9.17, 15) is 4.39 Å². The van der Waals surface area contributed by atoms with Gasteiger partial charge in [0.25, 0.3) is 0 Å². The molecule has 1 aliphatic rings. The maximum atomic E-state index is 13.7. The van der Waals surface area contributed by atoms with Crippen molar-refractivity contribution in [3.8, 4) is 10.6 Å². The van der Waals surface area contributed by atoms with Gasteiger partial charge in [-0.2, -0.15) is 0 Å². The number of nitrogens with zero attached hydrogens (tertiary/aromatic N) is 1. The molecule has 3 rings (SSSR count). The van der Waals surface area contributed by atoms with Crippen molar-refractivity contribution in [1.29, 1.82) is 0 Å². The topological polar surface area (TPSA) is 24.9 Å². The fourth-order valence-electron chi connectivity index (χ4n) is 1.74. The van der Waals surface area contributed by atoms with Gasteiger partial charge in [0.1, 0.15) is 10.8 Å². The van der Waals surface area contributed by atoms with Crippen molar-refractivity contribution < 1.29 is 4.39 Å². The van der Waals surface area contributed by atoms with Gasteiger partial charge in [-0.15, -0.1) is 11.3 Å². The summed E-state index contributed by atoms with van der Waals surface area (Å²) in [5, 5.41) is 6.39. The Balaban J connectivity index is 1.83. The molecule has 0 aliphatic heterocycles. The van der Waals surface area contributed by atoms with Crippen molar-refractivity contribution in [3.05, 3.63) is 40.1 Å². The van der Waals surface area contributed by atoms with Crippen molar-refractivity contribution in [2.75, 3.05) is 0 Å². The number of aromatic nitrogens is 1. The summed E-state index contributed by atoms with van der Waals surface area (Å²) in [7, 11) is 0. The number of nitrogens with one attached hydrogen (secondary N) is 1. The lowest BCUT2D eigenvalue weighted by atomic mass is 10.2. The van der Waals surface area contributed by atoms with Gasteiger partial charge in [-0.25, -0.2) is 9.37 Å². The Morgan fingerprint density at radius 3 is 3.00 bits per heavy atom. The molecule has 0 spiro atoms. The van der Waals surface area contributed by atoms with E-state index in [0.717, 1.165) is 12.2 Å². The highest BCUT2D eigenvalue weighted by atomic mass is 35.5. The summed E-state index contributed by atoms with van der Waals surface area (Å²) in [4.78, 5) is 4.43. The van der Waals surface area contributed by atoms with Gasteiger partial charge in [-0.05, 0) is 25.0 Å². The molecule has 1 aromatic heterocycles. The Morgan fingerprint density at radius 2 is 2.28 bits per heavy atom. The third-order valence-electron chi connectivity index (χ3n) is 2.88. The predicted molar refractivity (Wildman–Crippen MR) is 72.4 cm³/mol. The zero-order valence-corrected chi connectivity index (χ0v) is 11.2. The van der Waals surface area contributed by atoms with Crippen LogP contribution in [-0.2, 0) is 6.54 Å². The average molecular weight is 283 g/mol. The van der Waals surface area contributed by atoms with Crippen LogP contribution in [0, 0.1) is 5.82 Å². The Kier molecular flexibility index (Phi) is 3.33. The van der Waals surface area contributed by atoms with E-state index in [2.05, 4.69) is 10.3 Å². The maximum absolute atomic E-state index is 13.7. The molecular weight excluding hydrogens is 271 g/mol. The molecule has 18 heavy (non-hydrogen) atoms. The normalized spacial score (nSPS) is 15.0. The SMILES string of the molecule is Fc1cccc(Cl)c1-c1nc(CNC2CC2)cs1. The van der Waals surface area contributed by atoms with Crippen LogP contribution in [-0.4, -0.2) is 11.0 Å². The Morgan fingerprint density at radius 1 is 1.44 bits per heavy atom. The lowest BCUT2D eigenvalue weighted by molar-refractivity contribution is 0.631. The number of hydrogen-bond donors (Lipinski definition) is 1. The average Bonchev–Trinajstić information content (AvgIpc) is 3.06. The first-order valence-corrected chi connectivity index (χ1v) is 7.12. The second-order valence-electron chi connectivity index (χ2n) is 4.40. The van der Waals surface area contributed by atoms with Crippen molar-refractivity contribution in [1.82, 2.24) is 10.3 Å². The summed E-state index contributed by atoms with van der Waals surface area (Å²) in [5.41, 5.74) is 1.35. The summed E-state index contributed by atoms with van der Waals surface area (Å²) in [6.45, 7) is 0.743. The summed E-state index contributed by atoms with van der Waals surface area (Å²) >= 11 is 7.45. The summed E-state index contributed by atoms with van der Waals surface area (Å²) in [5.74, 6) is -0.321. The van der Waals surface area contributed by atoms with Crippen LogP contribution in [0.5, 0.6) is 0 Å². The van der Waals surface area contributed by atoms with Crippen LogP contribution in [0.4, 0.5) is 4.39 Å². The van der Waals surface area contributed by atoms with Gasteiger partial charge in [0.2, 0.25) is 0 Å². The Hall–Kier alpha value is -0.970. The van der Waals surface area contributed by atoms with Gasteiger partial charge in [0, 0.05) is 18.0 Å². The van der Waals surface area contributed by atoms with Gasteiger partial charge in [0.05, 0.1) is 16.3 Å². The molecule has 0 bridgehead atoms. The highest BCUT2D eigenvalue weighted by Gasteiger charge is 2.20. The smallest absolute Gasteiger partial charge is 0.134 e. The van der Waals surface area contributed by atoms with Crippen LogP contribution < -0.4 is 5.32 Å². The van der Waals surface area contributed by atoms with Crippen molar-refractivity contribution >= 4 is 22.9 Å². The molecule has 1 aromatic carbocycles. The molecule has 1 N–H and O–H groups in total. The summed E-state index contributed by atoms with van der Waals surface area (Å²) in [6.07, 6.45) is 2.49. The molecule has 0 radical (unpaired) electrons. The molecule has 0 atom stereocenters. The molecule has 0 saturated heterocycles. The molecule has 1 saturated carbocycles. The second-order valence-corrected chi connectivity index (χ2v) is 5.66. The van der Waals surface area contributed by atoms with E-state index in [1.54, 1.807) is 12.1 Å². The van der Waals surface area contributed by atoms with Gasteiger partial charge < -0.3 is 5.32 Å². The number of thiazole rings is 1. The molecule has 1 heterocycles. The molecular formula is C13H12ClFN2S. The minimum atomic E-state index is -0.321. The zero-order chi connectivity index (χ0) is 12.5. The fraction of sp³-hybridized carbons (Fsp3) is 0.308. The van der Waals surface area contributed by atoms with E-state index in [-0.39, 0.29) is 5.82 Å². The van der Waals surface area contributed by atoms with Crippen molar-refractivity contribution in [2.45, 2.75) is 25.4 Å². The van der Waals surface area contributed by atoms with Crippen LogP contribution >= 0.6 is 22.9 Å². The van der Waals surface area contributed by atoms with E-state index < -0.39 is 0 Å². The van der Waals surface area contributed by atoms with Gasteiger partial charge in [-0.3, -0.25) is 0 Å². The van der Waals surface area contributed by atoms with Crippen LogP contribution in [0.1, 0.15) is 18.5 Å². The van der Waals surface area contributed by atoms with Gasteiger partial charge in [-0.1, -0.05) is 17.7 Å². The standard InChI is InChI=1S/C13H12ClFN2S/c14-10-2-1-3-11(15)12(10)13-17-9(7-18-13)6-16-8-4-5-8/h1-3,7-8,16H,4-6H2. The first-order chi connectivity index (χ1) is 8.74. The number of rotatable bonds is 4. The third-order valence-corrected chi connectivity index (χ3v) is 4.10. The monoisotopic (exact) mass is 282 g/mol. The highest BCUT2D eigenvalue weighted by molar-refractivity contribution is 7.13. The lowest BCUT2D eigenvalue weighted by Gasteiger charge is -2.01. The second kappa shape index (κ2) is 4.96. The minimum Gasteiger partial charge on any atom is -0.308 e. The molecule has 0 amide bonds. The van der Waals surface area contributed by atoms with Crippen molar-refractivity contribution in [3.63, 3.8) is 0 Å². The zero-order valence-electron chi connectivity index (χ0n) is 9.62. The molecule has 2 nitrogen and oxygen atoms in total. The van der Waals surface area contributed by atoms with E-state index in [4.69, 9.17) is 11.6 Å². The first-order valence-electron chi connectivity index (χ1n) is 5.86. The molecule has 94 valence electrons.